The van der Waals surface area contributed by atoms with Gasteiger partial charge in [0.15, 0.2) is 0 Å². The van der Waals surface area contributed by atoms with Gasteiger partial charge in [0.2, 0.25) is 17.6 Å². The maximum atomic E-state index is 12.3. The molecule has 1 aliphatic rings. The van der Waals surface area contributed by atoms with Crippen LogP contribution in [0.4, 0.5) is 0 Å². The van der Waals surface area contributed by atoms with Crippen LogP contribution in [0.25, 0.3) is 0 Å². The lowest BCUT2D eigenvalue weighted by Gasteiger charge is -2.48. The molecule has 1 rings (SSSR count). The van der Waals surface area contributed by atoms with E-state index in [1.807, 2.05) is 5.32 Å². The first kappa shape index (κ1) is 36.2. The van der Waals surface area contributed by atoms with E-state index in [4.69, 9.17) is 14.6 Å². The van der Waals surface area contributed by atoms with Crippen molar-refractivity contribution in [1.29, 1.82) is 0 Å². The van der Waals surface area contributed by atoms with Crippen molar-refractivity contribution in [2.45, 2.75) is 93.4 Å². The van der Waals surface area contributed by atoms with Crippen molar-refractivity contribution in [3.8, 4) is 0 Å². The molecule has 0 saturated carbocycles. The van der Waals surface area contributed by atoms with E-state index in [0.717, 1.165) is 13.8 Å². The zero-order valence-corrected chi connectivity index (χ0v) is 21.9. The first-order chi connectivity index (χ1) is 18.9. The predicted molar refractivity (Wildman–Crippen MR) is 127 cm³/mol. The SMILES string of the molecule is CC(=O)N[C@@H]([C@@H](O)[C@H](O)[C@@H](CO)OC1(C(=O)O)C[C@@H](O)[C@H](NC(C)=O)C([C@H](O)[C@H](O)CO)O1)[C@@H](O)CC(=O)C(=O)O. The largest absolute Gasteiger partial charge is 0.477 e. The number of hydrogen-bond acceptors (Lipinski definition) is 15. The van der Waals surface area contributed by atoms with Crippen LogP contribution in [0.1, 0.15) is 26.7 Å². The summed E-state index contributed by atoms with van der Waals surface area (Å²) in [7, 11) is 0. The number of carbonyl (C=O) groups excluding carboxylic acids is 3. The molecule has 11 atom stereocenters. The quantitative estimate of drug-likeness (QED) is 0.0732. The number of aliphatic carboxylic acids is 2. The van der Waals surface area contributed by atoms with Crippen LogP contribution < -0.4 is 10.6 Å². The molecule has 0 aromatic rings. The minimum Gasteiger partial charge on any atom is -0.477 e. The summed E-state index contributed by atoms with van der Waals surface area (Å²) in [4.78, 5) is 57.9. The Bertz CT molecular complexity index is 949. The molecule has 0 aromatic carbocycles. The second-order valence-corrected chi connectivity index (χ2v) is 9.42. The Morgan fingerprint density at radius 2 is 1.51 bits per heavy atom. The fraction of sp³-hybridized carbons (Fsp3) is 0.773. The number of ketones is 1. The number of hydrogen-bond donors (Lipinski definition) is 12. The smallest absolute Gasteiger partial charge is 0.372 e. The molecule has 0 spiro atoms. The van der Waals surface area contributed by atoms with Crippen molar-refractivity contribution in [3.05, 3.63) is 0 Å². The molecule has 19 heteroatoms. The summed E-state index contributed by atoms with van der Waals surface area (Å²) in [6.07, 6.45) is -19.2. The van der Waals surface area contributed by atoms with Crippen LogP contribution in [0.2, 0.25) is 0 Å². The minimum absolute atomic E-state index is 0.771. The third kappa shape index (κ3) is 9.33. The minimum atomic E-state index is -3.05. The van der Waals surface area contributed by atoms with Crippen molar-refractivity contribution >= 4 is 29.5 Å². The fourth-order valence-electron chi connectivity index (χ4n) is 4.19. The molecule has 1 saturated heterocycles. The summed E-state index contributed by atoms with van der Waals surface area (Å²) in [5.41, 5.74) is 0. The van der Waals surface area contributed by atoms with Gasteiger partial charge in [0.25, 0.3) is 5.79 Å². The van der Waals surface area contributed by atoms with E-state index in [1.54, 1.807) is 0 Å². The summed E-state index contributed by atoms with van der Waals surface area (Å²) in [6.45, 7) is -0.429. The van der Waals surface area contributed by atoms with Gasteiger partial charge in [-0.05, 0) is 0 Å². The van der Waals surface area contributed by atoms with Crippen molar-refractivity contribution in [1.82, 2.24) is 10.6 Å². The Balaban J connectivity index is 3.40. The van der Waals surface area contributed by atoms with Gasteiger partial charge in [-0.3, -0.25) is 14.4 Å². The Morgan fingerprint density at radius 1 is 0.927 bits per heavy atom. The van der Waals surface area contributed by atoms with Crippen LogP contribution in [0.3, 0.4) is 0 Å². The summed E-state index contributed by atoms with van der Waals surface area (Å²) in [5, 5.41) is 105. The summed E-state index contributed by atoms with van der Waals surface area (Å²) in [6, 6.07) is -3.52. The molecular weight excluding hydrogens is 564 g/mol. The molecule has 0 aromatic heterocycles. The molecular formula is C22H36N2O17. The molecule has 19 nitrogen and oxygen atoms in total. The average molecular weight is 601 g/mol. The number of amides is 2. The Labute approximate surface area is 231 Å². The topological polar surface area (TPSA) is 330 Å². The molecule has 0 bridgehead atoms. The van der Waals surface area contributed by atoms with E-state index in [0.29, 0.717) is 0 Å². The normalized spacial score (nSPS) is 27.8. The van der Waals surface area contributed by atoms with E-state index < -0.39 is 122 Å². The van der Waals surface area contributed by atoms with Crippen molar-refractivity contribution in [3.63, 3.8) is 0 Å². The highest BCUT2D eigenvalue weighted by molar-refractivity contribution is 6.32. The number of rotatable bonds is 16. The number of carboxylic acid groups (broad SMARTS) is 2. The van der Waals surface area contributed by atoms with E-state index >= 15 is 0 Å². The molecule has 2 unspecified atom stereocenters. The third-order valence-electron chi connectivity index (χ3n) is 6.22. The molecule has 1 aliphatic heterocycles. The van der Waals surface area contributed by atoms with E-state index in [-0.39, 0.29) is 0 Å². The number of carboxylic acids is 2. The van der Waals surface area contributed by atoms with Crippen LogP contribution in [0.5, 0.6) is 0 Å². The number of ether oxygens (including phenoxy) is 2. The third-order valence-corrected chi connectivity index (χ3v) is 6.22. The van der Waals surface area contributed by atoms with Gasteiger partial charge in [-0.25, -0.2) is 9.59 Å². The number of aliphatic hydroxyl groups is 8. The summed E-state index contributed by atoms with van der Waals surface area (Å²) < 4.78 is 10.6. The number of Topliss-reactive ketones (excluding diaryl/α,β-unsaturated/α-hetero) is 1. The van der Waals surface area contributed by atoms with E-state index in [1.165, 1.54) is 0 Å². The molecule has 2 amide bonds. The monoisotopic (exact) mass is 600 g/mol. The standard InChI is InChI=1S/C22H36N2O17/c1-7(27)23-14(9(29)3-10(30)20(36)37)18(35)17(34)13(6-26)40-22(21(38)39)4-11(31)15(24-8(2)28)19(41-22)16(33)12(32)5-25/h9,11-19,25-26,29,31-35H,3-6H2,1-2H3,(H,23,27)(H,24,28)(H,36,37)(H,38,39)/t9-,11+,12+,13+,14+,15-,16+,17+,18+,19?,22?/m0/s1. The maximum absolute atomic E-state index is 12.3. The van der Waals surface area contributed by atoms with Gasteiger partial charge in [0.05, 0.1) is 37.5 Å². The highest BCUT2D eigenvalue weighted by atomic mass is 16.7. The summed E-state index contributed by atoms with van der Waals surface area (Å²) in [5.74, 6) is -10.2. The van der Waals surface area contributed by atoms with Crippen LogP contribution in [-0.2, 0) is 33.4 Å². The van der Waals surface area contributed by atoms with Crippen LogP contribution in [-0.4, -0.2) is 161 Å². The molecule has 12 N–H and O–H groups in total. The Kier molecular flexibility index (Phi) is 13.6. The second-order valence-electron chi connectivity index (χ2n) is 9.42. The number of nitrogens with one attached hydrogen (secondary N) is 2. The summed E-state index contributed by atoms with van der Waals surface area (Å²) >= 11 is 0. The molecule has 1 fully saturated rings. The Morgan fingerprint density at radius 3 is 1.95 bits per heavy atom. The van der Waals surface area contributed by atoms with Gasteiger partial charge in [-0.2, -0.15) is 0 Å². The van der Waals surface area contributed by atoms with Gasteiger partial charge < -0.3 is 71.2 Å². The second kappa shape index (κ2) is 15.4. The number of carbonyl (C=O) groups is 5. The average Bonchev–Trinajstić information content (AvgIpc) is 2.89. The van der Waals surface area contributed by atoms with Gasteiger partial charge in [0, 0.05) is 26.7 Å². The van der Waals surface area contributed by atoms with Gasteiger partial charge in [-0.1, -0.05) is 0 Å². The zero-order valence-electron chi connectivity index (χ0n) is 21.9. The lowest BCUT2D eigenvalue weighted by atomic mass is 9.88. The molecule has 41 heavy (non-hydrogen) atoms. The first-order valence-corrected chi connectivity index (χ1v) is 12.1. The first-order valence-electron chi connectivity index (χ1n) is 12.1. The van der Waals surface area contributed by atoms with Crippen molar-refractivity contribution in [2.24, 2.45) is 0 Å². The van der Waals surface area contributed by atoms with Crippen LogP contribution >= 0.6 is 0 Å². The van der Waals surface area contributed by atoms with Gasteiger partial charge in [-0.15, -0.1) is 0 Å². The Hall–Kier alpha value is -2.85. The predicted octanol–water partition coefficient (Wildman–Crippen LogP) is -6.86. The van der Waals surface area contributed by atoms with Gasteiger partial charge in [0.1, 0.15) is 36.6 Å². The molecule has 0 aliphatic carbocycles. The number of aliphatic hydroxyl groups excluding tert-OH is 8. The van der Waals surface area contributed by atoms with Crippen LogP contribution in [0, 0.1) is 0 Å². The van der Waals surface area contributed by atoms with Crippen LogP contribution in [0.15, 0.2) is 0 Å². The van der Waals surface area contributed by atoms with E-state index in [9.17, 15) is 69.9 Å². The maximum Gasteiger partial charge on any atom is 0.372 e. The molecule has 1 heterocycles. The van der Waals surface area contributed by atoms with Crippen molar-refractivity contribution in [2.75, 3.05) is 13.2 Å². The van der Waals surface area contributed by atoms with Crippen molar-refractivity contribution < 1.29 is 84.5 Å². The van der Waals surface area contributed by atoms with Gasteiger partial charge >= 0.3 is 11.9 Å². The lowest BCUT2D eigenvalue weighted by Crippen LogP contribution is -2.69. The molecule has 236 valence electrons. The highest BCUT2D eigenvalue weighted by Gasteiger charge is 2.57. The molecule has 0 radical (unpaired) electrons. The highest BCUT2D eigenvalue weighted by Crippen LogP contribution is 2.35. The van der Waals surface area contributed by atoms with E-state index in [2.05, 4.69) is 5.32 Å². The fourth-order valence-corrected chi connectivity index (χ4v) is 4.19. The zero-order chi connectivity index (χ0) is 31.8. The lowest BCUT2D eigenvalue weighted by molar-refractivity contribution is -0.333.